The number of rotatable bonds is 9. The number of aromatic nitrogens is 4. The molecule has 2 saturated heterocycles. The van der Waals surface area contributed by atoms with Gasteiger partial charge in [0.25, 0.3) is 0 Å². The van der Waals surface area contributed by atoms with Crippen molar-refractivity contribution in [3.8, 4) is 22.8 Å². The van der Waals surface area contributed by atoms with Crippen molar-refractivity contribution >= 4 is 23.2 Å². The van der Waals surface area contributed by atoms with Gasteiger partial charge in [0.15, 0.2) is 17.5 Å². The van der Waals surface area contributed by atoms with E-state index in [9.17, 15) is 14.3 Å². The number of piperidine rings is 1. The minimum absolute atomic E-state index is 0.102. The topological polar surface area (TPSA) is 96.6 Å². The van der Waals surface area contributed by atoms with Crippen molar-refractivity contribution < 1.29 is 18.7 Å². The van der Waals surface area contributed by atoms with Crippen molar-refractivity contribution in [3.63, 3.8) is 0 Å². The van der Waals surface area contributed by atoms with E-state index >= 15 is 4.39 Å². The van der Waals surface area contributed by atoms with Gasteiger partial charge in [0.1, 0.15) is 22.9 Å². The molecule has 6 rings (SSSR count). The Hall–Kier alpha value is -4.36. The van der Waals surface area contributed by atoms with Crippen LogP contribution in [0.5, 0.6) is 0 Å². The fraction of sp³-hybridized carbons (Fsp3) is 0.455. The molecule has 244 valence electrons. The molecule has 0 bridgehead atoms. The number of carbonyl (C=O) groups is 1. The molecule has 0 radical (unpaired) electrons. The summed E-state index contributed by atoms with van der Waals surface area (Å²) < 4.78 is 32.8. The Labute approximate surface area is 267 Å². The number of halogens is 2. The van der Waals surface area contributed by atoms with Crippen molar-refractivity contribution in [2.24, 2.45) is 0 Å². The number of nitrogens with zero attached hydrogens (tertiary/aromatic N) is 9. The molecular formula is C33H41F2N9O2. The summed E-state index contributed by atoms with van der Waals surface area (Å²) in [7, 11) is 6.07. The van der Waals surface area contributed by atoms with Crippen LogP contribution in [0.3, 0.4) is 0 Å². The number of likely N-dealkylation sites (tertiary alicyclic amines) is 1. The van der Waals surface area contributed by atoms with Gasteiger partial charge in [-0.25, -0.2) is 28.5 Å². The highest BCUT2D eigenvalue weighted by Gasteiger charge is 2.32. The molecule has 2 aliphatic rings. The van der Waals surface area contributed by atoms with E-state index in [1.165, 1.54) is 17.2 Å². The predicted molar refractivity (Wildman–Crippen MR) is 174 cm³/mol. The summed E-state index contributed by atoms with van der Waals surface area (Å²) in [6.07, 6.45) is 3.96. The van der Waals surface area contributed by atoms with Gasteiger partial charge in [-0.3, -0.25) is 4.40 Å². The van der Waals surface area contributed by atoms with E-state index in [2.05, 4.69) is 26.7 Å². The normalized spacial score (nSPS) is 17.7. The number of piperazine rings is 1. The zero-order valence-electron chi connectivity index (χ0n) is 26.6. The molecule has 1 N–H and O–H groups in total. The van der Waals surface area contributed by atoms with E-state index in [0.717, 1.165) is 38.4 Å². The molecular weight excluding hydrogens is 592 g/mol. The number of anilines is 2. The predicted octanol–water partition coefficient (Wildman–Crippen LogP) is 4.39. The third-order valence-electron chi connectivity index (χ3n) is 8.93. The van der Waals surface area contributed by atoms with E-state index in [4.69, 9.17) is 9.97 Å². The van der Waals surface area contributed by atoms with Gasteiger partial charge in [0, 0.05) is 69.3 Å². The van der Waals surface area contributed by atoms with E-state index in [1.807, 2.05) is 43.3 Å². The molecule has 1 amide bonds. The van der Waals surface area contributed by atoms with Crippen molar-refractivity contribution in [2.75, 3.05) is 83.3 Å². The Morgan fingerprint density at radius 1 is 1.00 bits per heavy atom. The molecule has 11 nitrogen and oxygen atoms in total. The minimum Gasteiger partial charge on any atom is -0.465 e. The van der Waals surface area contributed by atoms with E-state index in [1.54, 1.807) is 16.7 Å². The van der Waals surface area contributed by atoms with Gasteiger partial charge < -0.3 is 29.6 Å². The van der Waals surface area contributed by atoms with Crippen LogP contribution in [0.25, 0.3) is 28.4 Å². The number of fused-ring (bicyclic) bond motifs is 1. The van der Waals surface area contributed by atoms with Gasteiger partial charge in [-0.05, 0) is 71.2 Å². The number of hydrogen-bond donors (Lipinski definition) is 1. The fourth-order valence-electron chi connectivity index (χ4n) is 6.35. The minimum atomic E-state index is -0.990. The maximum absolute atomic E-state index is 16.9. The number of hydrogen-bond acceptors (Lipinski definition) is 8. The SMILES string of the molecule is CN(C)CCCN(c1nc(-c2cnc3ccc(F)cn23)nc(-c2ccc(N3CCN(C)CC3)cc2)c1F)[C@@H]1CCCN(C(=O)O)C1. The molecule has 0 spiro atoms. The van der Waals surface area contributed by atoms with Gasteiger partial charge in [0.2, 0.25) is 0 Å². The van der Waals surface area contributed by atoms with Crippen LogP contribution in [0.4, 0.5) is 25.1 Å². The molecule has 46 heavy (non-hydrogen) atoms. The lowest BCUT2D eigenvalue weighted by Crippen LogP contribution is -2.50. The van der Waals surface area contributed by atoms with Gasteiger partial charge in [-0.1, -0.05) is 12.1 Å². The summed E-state index contributed by atoms with van der Waals surface area (Å²) in [5, 5.41) is 9.78. The quantitative estimate of drug-likeness (QED) is 0.288. The number of benzene rings is 1. The second-order valence-electron chi connectivity index (χ2n) is 12.5. The first kappa shape index (κ1) is 31.6. The fourth-order valence-corrected chi connectivity index (χ4v) is 6.35. The summed E-state index contributed by atoms with van der Waals surface area (Å²) in [5.41, 5.74) is 2.71. The number of carboxylic acid groups (broad SMARTS) is 1. The standard InChI is InChI=1S/C33H41F2N9O2/c1-39(2)13-5-15-43(26-6-4-14-42(22-26)33(45)46)32-29(35)30(23-7-10-25(11-8-23)41-18-16-40(3)17-19-41)37-31(38-32)27-20-36-28-12-9-24(34)21-44(27)28/h7-12,20-21,26H,4-6,13-19,22H2,1-3H3,(H,45,46)/t26-/m1/s1. The zero-order chi connectivity index (χ0) is 32.4. The molecule has 13 heteroatoms. The average Bonchev–Trinajstić information content (AvgIpc) is 3.47. The second kappa shape index (κ2) is 13.6. The monoisotopic (exact) mass is 633 g/mol. The Balaban J connectivity index is 1.46. The molecule has 0 unspecified atom stereocenters. The van der Waals surface area contributed by atoms with Gasteiger partial charge in [-0.2, -0.15) is 0 Å². The Bertz CT molecular complexity index is 1670. The van der Waals surface area contributed by atoms with Crippen LogP contribution < -0.4 is 9.80 Å². The average molecular weight is 634 g/mol. The lowest BCUT2D eigenvalue weighted by atomic mass is 10.0. The number of likely N-dealkylation sites (N-methyl/N-ethyl adjacent to an activating group) is 1. The van der Waals surface area contributed by atoms with E-state index in [0.29, 0.717) is 49.3 Å². The van der Waals surface area contributed by atoms with Crippen LogP contribution in [0, 0.1) is 11.6 Å². The molecule has 1 aromatic carbocycles. The number of pyridine rings is 1. The molecule has 2 fully saturated rings. The summed E-state index contributed by atoms with van der Waals surface area (Å²) in [6, 6.07) is 10.4. The van der Waals surface area contributed by atoms with E-state index < -0.39 is 17.7 Å². The van der Waals surface area contributed by atoms with Crippen LogP contribution in [-0.2, 0) is 0 Å². The maximum atomic E-state index is 16.9. The van der Waals surface area contributed by atoms with Gasteiger partial charge in [-0.15, -0.1) is 0 Å². The van der Waals surface area contributed by atoms with Crippen molar-refractivity contribution in [2.45, 2.75) is 25.3 Å². The molecule has 5 heterocycles. The second-order valence-corrected chi connectivity index (χ2v) is 12.5. The van der Waals surface area contributed by atoms with Crippen LogP contribution in [0.2, 0.25) is 0 Å². The first-order valence-electron chi connectivity index (χ1n) is 15.8. The zero-order valence-corrected chi connectivity index (χ0v) is 26.6. The molecule has 4 aromatic rings. The lowest BCUT2D eigenvalue weighted by Gasteiger charge is -2.39. The molecule has 1 atom stereocenters. The molecule has 0 aliphatic carbocycles. The van der Waals surface area contributed by atoms with Gasteiger partial charge in [0.05, 0.1) is 6.20 Å². The van der Waals surface area contributed by atoms with Crippen LogP contribution >= 0.6 is 0 Å². The lowest BCUT2D eigenvalue weighted by molar-refractivity contribution is 0.129. The van der Waals surface area contributed by atoms with Crippen molar-refractivity contribution in [1.82, 2.24) is 34.1 Å². The highest BCUT2D eigenvalue weighted by atomic mass is 19.1. The van der Waals surface area contributed by atoms with E-state index in [-0.39, 0.29) is 29.9 Å². The summed E-state index contributed by atoms with van der Waals surface area (Å²) in [4.78, 5) is 35.8. The summed E-state index contributed by atoms with van der Waals surface area (Å²) >= 11 is 0. The summed E-state index contributed by atoms with van der Waals surface area (Å²) in [6.45, 7) is 5.67. The highest BCUT2D eigenvalue weighted by molar-refractivity contribution is 5.71. The first-order valence-corrected chi connectivity index (χ1v) is 15.8. The third-order valence-corrected chi connectivity index (χ3v) is 8.93. The first-order chi connectivity index (χ1) is 22.2. The Morgan fingerprint density at radius 2 is 1.76 bits per heavy atom. The van der Waals surface area contributed by atoms with Crippen LogP contribution in [0.1, 0.15) is 19.3 Å². The third kappa shape index (κ3) is 6.75. The van der Waals surface area contributed by atoms with Gasteiger partial charge >= 0.3 is 6.09 Å². The Morgan fingerprint density at radius 3 is 2.48 bits per heavy atom. The van der Waals surface area contributed by atoms with Crippen LogP contribution in [0.15, 0.2) is 48.8 Å². The highest BCUT2D eigenvalue weighted by Crippen LogP contribution is 2.34. The molecule has 3 aromatic heterocycles. The smallest absolute Gasteiger partial charge is 0.407 e. The van der Waals surface area contributed by atoms with Crippen molar-refractivity contribution in [1.29, 1.82) is 0 Å². The largest absolute Gasteiger partial charge is 0.465 e. The number of amides is 1. The Kier molecular flexibility index (Phi) is 9.32. The van der Waals surface area contributed by atoms with Crippen molar-refractivity contribution in [3.05, 3.63) is 60.4 Å². The maximum Gasteiger partial charge on any atom is 0.407 e. The molecule has 2 aliphatic heterocycles. The summed E-state index contributed by atoms with van der Waals surface area (Å²) in [5.74, 6) is -0.717. The van der Waals surface area contributed by atoms with Crippen LogP contribution in [-0.4, -0.2) is 125 Å². The molecule has 0 saturated carbocycles. The number of imidazole rings is 1.